The fraction of sp³-hybridized carbons (Fsp3) is 0.357. The summed E-state index contributed by atoms with van der Waals surface area (Å²) in [7, 11) is 9.17. The second kappa shape index (κ2) is 12.8. The first-order valence-corrected chi connectivity index (χ1v) is 12.9. The number of fused-ring (bicyclic) bond motifs is 1. The Kier molecular flexibility index (Phi) is 9.23. The summed E-state index contributed by atoms with van der Waals surface area (Å²) in [5, 5.41) is 2.90. The van der Waals surface area contributed by atoms with E-state index in [-0.39, 0.29) is 17.5 Å². The number of carbonyl (C=O) groups excluding carboxylic acids is 1. The molecule has 41 heavy (non-hydrogen) atoms. The number of amidine groups is 1. The number of ether oxygens (including phenoxy) is 7. The maximum absolute atomic E-state index is 12.1. The highest BCUT2D eigenvalue weighted by Crippen LogP contribution is 2.44. The fourth-order valence-electron chi connectivity index (χ4n) is 4.43. The molecule has 0 aliphatic carbocycles. The SMILES string of the molecule is CCOC(=O)NC1C=C(Cl)C2=NC(c3cc(OC)c(OC)c(OC)c3)C(c3cc(OC)c(OC)c(OC)c3)=NC2=N1. The molecule has 12 nitrogen and oxygen atoms in total. The van der Waals surface area contributed by atoms with Crippen molar-refractivity contribution in [3.63, 3.8) is 0 Å². The standard InChI is InChI=1S/C28H31ClN4O8/c1-8-41-28(34)31-21-13-16(29)24-27(30-21)33-23(15-11-19(37-4)26(40-7)20(12-15)38-5)22(32-24)14-9-17(35-2)25(39-6)18(10-14)36-3/h9-13,21-22H,8H2,1-7H3,(H,31,34). The highest BCUT2D eigenvalue weighted by molar-refractivity contribution is 6.62. The largest absolute Gasteiger partial charge is 0.493 e. The molecule has 2 aliphatic rings. The van der Waals surface area contributed by atoms with Gasteiger partial charge in [-0.25, -0.2) is 14.8 Å². The first kappa shape index (κ1) is 29.5. The Balaban J connectivity index is 1.93. The zero-order valence-corrected chi connectivity index (χ0v) is 24.5. The van der Waals surface area contributed by atoms with Crippen LogP contribution in [-0.2, 0) is 4.74 Å². The van der Waals surface area contributed by atoms with Gasteiger partial charge in [-0.1, -0.05) is 11.6 Å². The number of dihydropyridines is 1. The number of halogens is 1. The molecule has 0 bridgehead atoms. The van der Waals surface area contributed by atoms with E-state index >= 15 is 0 Å². The summed E-state index contributed by atoms with van der Waals surface area (Å²) in [5.74, 6) is 2.81. The predicted octanol–water partition coefficient (Wildman–Crippen LogP) is 4.33. The van der Waals surface area contributed by atoms with Gasteiger partial charge in [-0.15, -0.1) is 0 Å². The Bertz CT molecular complexity index is 1400. The number of benzene rings is 2. The molecule has 2 unspecified atom stereocenters. The van der Waals surface area contributed by atoms with Crippen molar-refractivity contribution in [2.45, 2.75) is 19.1 Å². The highest BCUT2D eigenvalue weighted by atomic mass is 35.5. The summed E-state index contributed by atoms with van der Waals surface area (Å²) in [6, 6.07) is 6.41. The molecule has 2 aliphatic heterocycles. The van der Waals surface area contributed by atoms with E-state index in [0.29, 0.717) is 57.0 Å². The summed E-state index contributed by atoms with van der Waals surface area (Å²) in [6.45, 7) is 1.91. The summed E-state index contributed by atoms with van der Waals surface area (Å²) in [6.07, 6.45) is 0.119. The van der Waals surface area contributed by atoms with E-state index in [2.05, 4.69) is 10.3 Å². The number of hydrogen-bond donors (Lipinski definition) is 1. The van der Waals surface area contributed by atoms with E-state index in [9.17, 15) is 4.79 Å². The van der Waals surface area contributed by atoms with Gasteiger partial charge in [-0.3, -0.25) is 10.3 Å². The lowest BCUT2D eigenvalue weighted by Gasteiger charge is -2.27. The second-order valence-corrected chi connectivity index (χ2v) is 8.93. The van der Waals surface area contributed by atoms with Crippen LogP contribution < -0.4 is 33.7 Å². The maximum atomic E-state index is 12.1. The molecule has 0 spiro atoms. The Labute approximate surface area is 242 Å². The van der Waals surface area contributed by atoms with Gasteiger partial charge in [-0.2, -0.15) is 0 Å². The van der Waals surface area contributed by atoms with E-state index in [1.54, 1.807) is 37.3 Å². The van der Waals surface area contributed by atoms with E-state index in [1.165, 1.54) is 42.7 Å². The Morgan fingerprint density at radius 1 is 0.829 bits per heavy atom. The van der Waals surface area contributed by atoms with Gasteiger partial charge in [0, 0.05) is 5.56 Å². The van der Waals surface area contributed by atoms with Crippen LogP contribution in [0.15, 0.2) is 50.4 Å². The first-order chi connectivity index (χ1) is 19.8. The lowest BCUT2D eigenvalue weighted by atomic mass is 9.93. The molecule has 218 valence electrons. The molecular formula is C28H31ClN4O8. The van der Waals surface area contributed by atoms with Crippen molar-refractivity contribution in [3.05, 3.63) is 46.5 Å². The third-order valence-corrected chi connectivity index (χ3v) is 6.56. The minimum absolute atomic E-state index is 0.208. The van der Waals surface area contributed by atoms with E-state index in [1.807, 2.05) is 0 Å². The van der Waals surface area contributed by atoms with E-state index in [0.717, 1.165) is 0 Å². The van der Waals surface area contributed by atoms with Crippen molar-refractivity contribution in [1.82, 2.24) is 5.32 Å². The number of methoxy groups -OCH3 is 6. The summed E-state index contributed by atoms with van der Waals surface area (Å²) >= 11 is 6.65. The van der Waals surface area contributed by atoms with Crippen LogP contribution in [-0.4, -0.2) is 78.8 Å². The number of carbonyl (C=O) groups is 1. The molecule has 0 fully saturated rings. The van der Waals surface area contributed by atoms with E-state index in [4.69, 9.17) is 54.7 Å². The van der Waals surface area contributed by atoms with Crippen LogP contribution in [0, 0.1) is 0 Å². The van der Waals surface area contributed by atoms with Gasteiger partial charge < -0.3 is 33.2 Å². The molecule has 0 saturated carbocycles. The van der Waals surface area contributed by atoms with Gasteiger partial charge in [-0.05, 0) is 42.8 Å². The average molecular weight is 587 g/mol. The van der Waals surface area contributed by atoms with Crippen LogP contribution in [0.5, 0.6) is 34.5 Å². The second-order valence-electron chi connectivity index (χ2n) is 8.53. The molecule has 0 radical (unpaired) electrons. The normalized spacial score (nSPS) is 17.6. The number of alkyl carbamates (subject to hydrolysis) is 1. The van der Waals surface area contributed by atoms with Gasteiger partial charge in [0.05, 0.1) is 60.0 Å². The molecule has 4 rings (SSSR count). The van der Waals surface area contributed by atoms with Gasteiger partial charge in [0.25, 0.3) is 0 Å². The van der Waals surface area contributed by atoms with Crippen molar-refractivity contribution < 1.29 is 38.0 Å². The summed E-state index contributed by atoms with van der Waals surface area (Å²) in [5.41, 5.74) is 2.13. The van der Waals surface area contributed by atoms with Crippen LogP contribution in [0.25, 0.3) is 0 Å². The molecule has 2 aromatic rings. The van der Waals surface area contributed by atoms with Crippen molar-refractivity contribution in [3.8, 4) is 34.5 Å². The molecular weight excluding hydrogens is 556 g/mol. The van der Waals surface area contributed by atoms with Gasteiger partial charge >= 0.3 is 6.09 Å². The molecule has 0 aromatic heterocycles. The Hall–Kier alpha value is -4.45. The molecule has 2 atom stereocenters. The number of nitrogens with one attached hydrogen (secondary N) is 1. The lowest BCUT2D eigenvalue weighted by molar-refractivity contribution is 0.150. The maximum Gasteiger partial charge on any atom is 0.409 e. The minimum atomic E-state index is -0.807. The molecule has 0 saturated heterocycles. The van der Waals surface area contributed by atoms with Gasteiger partial charge in [0.2, 0.25) is 11.5 Å². The summed E-state index contributed by atoms with van der Waals surface area (Å²) in [4.78, 5) is 26.5. The summed E-state index contributed by atoms with van der Waals surface area (Å²) < 4.78 is 38.3. The van der Waals surface area contributed by atoms with Gasteiger partial charge in [0.1, 0.15) is 17.9 Å². The topological polar surface area (TPSA) is 131 Å². The number of nitrogens with zero attached hydrogens (tertiary/aromatic N) is 3. The number of aliphatic imine (C=N–C) groups is 3. The van der Waals surface area contributed by atoms with Crippen LogP contribution in [0.1, 0.15) is 24.1 Å². The number of hydrogen-bond acceptors (Lipinski definition) is 11. The van der Waals surface area contributed by atoms with Crippen LogP contribution >= 0.6 is 11.6 Å². The smallest absolute Gasteiger partial charge is 0.409 e. The third kappa shape index (κ3) is 5.87. The molecule has 2 aromatic carbocycles. The van der Waals surface area contributed by atoms with Crippen molar-refractivity contribution >= 4 is 35.0 Å². The molecule has 2 heterocycles. The fourth-order valence-corrected chi connectivity index (χ4v) is 4.68. The lowest BCUT2D eigenvalue weighted by Crippen LogP contribution is -2.38. The molecule has 13 heteroatoms. The Morgan fingerprint density at radius 2 is 1.37 bits per heavy atom. The van der Waals surface area contributed by atoms with Crippen LogP contribution in [0.4, 0.5) is 4.79 Å². The monoisotopic (exact) mass is 586 g/mol. The minimum Gasteiger partial charge on any atom is -0.493 e. The highest BCUT2D eigenvalue weighted by Gasteiger charge is 2.34. The molecule has 1 amide bonds. The molecule has 1 N–H and O–H groups in total. The van der Waals surface area contributed by atoms with Crippen molar-refractivity contribution in [1.29, 1.82) is 0 Å². The van der Waals surface area contributed by atoms with Gasteiger partial charge in [0.15, 0.2) is 28.8 Å². The quantitative estimate of drug-likeness (QED) is 0.435. The number of amides is 1. The average Bonchev–Trinajstić information content (AvgIpc) is 2.98. The van der Waals surface area contributed by atoms with Crippen molar-refractivity contribution in [2.24, 2.45) is 15.0 Å². The van der Waals surface area contributed by atoms with Crippen molar-refractivity contribution in [2.75, 3.05) is 49.3 Å². The predicted molar refractivity (Wildman–Crippen MR) is 154 cm³/mol. The third-order valence-electron chi connectivity index (χ3n) is 6.25. The zero-order valence-electron chi connectivity index (χ0n) is 23.7. The Morgan fingerprint density at radius 3 is 1.85 bits per heavy atom. The first-order valence-electron chi connectivity index (χ1n) is 12.5. The van der Waals surface area contributed by atoms with E-state index < -0.39 is 18.3 Å². The zero-order chi connectivity index (χ0) is 29.7. The number of rotatable bonds is 10. The van der Waals surface area contributed by atoms with Crippen LogP contribution in [0.3, 0.4) is 0 Å². The van der Waals surface area contributed by atoms with Crippen LogP contribution in [0.2, 0.25) is 0 Å².